The van der Waals surface area contributed by atoms with Crippen LogP contribution in [0.15, 0.2) is 0 Å². The van der Waals surface area contributed by atoms with Gasteiger partial charge in [-0.15, -0.1) is 33.8 Å². The molecule has 0 amide bonds. The Morgan fingerprint density at radius 2 is 2.00 bits per heavy atom. The second kappa shape index (κ2) is 5.84. The lowest BCUT2D eigenvalue weighted by Crippen LogP contribution is -2.00. The Hall–Kier alpha value is 1.09. The molecule has 1 radical (unpaired) electrons. The summed E-state index contributed by atoms with van der Waals surface area (Å²) in [7, 11) is -1.08. The number of hydrogen-bond acceptors (Lipinski definition) is 0. The summed E-state index contributed by atoms with van der Waals surface area (Å²) in [6.07, 6.45) is 1.96. The van der Waals surface area contributed by atoms with E-state index in [-0.39, 0.29) is 5.38 Å². The first kappa shape index (κ1) is 10.1. The summed E-state index contributed by atoms with van der Waals surface area (Å²) in [5.74, 6) is 0. The molecule has 0 aromatic rings. The molecule has 1 atom stereocenters. The molecule has 9 heavy (non-hydrogen) atoms. The zero-order chi connectivity index (χ0) is 7.28. The number of halogens is 3. The normalized spacial score (nSPS) is 14.3. The molecule has 0 aromatic heterocycles. The maximum absolute atomic E-state index is 5.81. The lowest BCUT2D eigenvalue weighted by atomic mass is 10.3. The van der Waals surface area contributed by atoms with E-state index in [4.69, 9.17) is 33.8 Å². The van der Waals surface area contributed by atoms with E-state index in [9.17, 15) is 0 Å². The van der Waals surface area contributed by atoms with Crippen LogP contribution >= 0.6 is 33.8 Å². The highest BCUT2D eigenvalue weighted by atomic mass is 35.7. The third-order valence-corrected chi connectivity index (χ3v) is 3.42. The van der Waals surface area contributed by atoms with Crippen LogP contribution in [-0.2, 0) is 0 Å². The van der Waals surface area contributed by atoms with Gasteiger partial charge in [0.1, 0.15) is 0 Å². The first-order valence-corrected chi connectivity index (χ1v) is 7.14. The lowest BCUT2D eigenvalue weighted by Gasteiger charge is -2.03. The predicted octanol–water partition coefficient (Wildman–Crippen LogP) is 3.36. The van der Waals surface area contributed by atoms with Gasteiger partial charge in [-0.3, -0.25) is 0 Å². The molecule has 0 saturated carbocycles. The monoisotopic (exact) mass is 203 g/mol. The Labute approximate surface area is 72.5 Å². The van der Waals surface area contributed by atoms with Gasteiger partial charge in [-0.25, -0.2) is 0 Å². The molecule has 4 heteroatoms. The second-order valence-corrected chi connectivity index (χ2v) is 7.00. The average molecular weight is 205 g/mol. The highest BCUT2D eigenvalue weighted by Crippen LogP contribution is 2.14. The predicted molar refractivity (Wildman–Crippen MR) is 46.8 cm³/mol. The molecular formula is C5H10Cl3Si. The Morgan fingerprint density at radius 1 is 1.44 bits per heavy atom. The zero-order valence-electron chi connectivity index (χ0n) is 5.33. The third kappa shape index (κ3) is 6.98. The van der Waals surface area contributed by atoms with Crippen LogP contribution in [0.4, 0.5) is 0 Å². The number of alkyl halides is 1. The summed E-state index contributed by atoms with van der Waals surface area (Å²) in [5.41, 5.74) is 0. The van der Waals surface area contributed by atoms with Crippen molar-refractivity contribution in [1.29, 1.82) is 0 Å². The van der Waals surface area contributed by atoms with Crippen molar-refractivity contribution in [3.05, 3.63) is 0 Å². The van der Waals surface area contributed by atoms with Crippen LogP contribution in [0.1, 0.15) is 19.8 Å². The van der Waals surface area contributed by atoms with E-state index < -0.39 is 7.42 Å². The van der Waals surface area contributed by atoms with Crippen LogP contribution in [0.25, 0.3) is 0 Å². The first-order chi connectivity index (χ1) is 4.16. The molecule has 0 N–H and O–H groups in total. The molecular weight excluding hydrogens is 194 g/mol. The highest BCUT2D eigenvalue weighted by Gasteiger charge is 2.06. The number of rotatable bonds is 4. The summed E-state index contributed by atoms with van der Waals surface area (Å²) in [6.45, 7) is 2.06. The van der Waals surface area contributed by atoms with Crippen LogP contribution in [0.3, 0.4) is 0 Å². The van der Waals surface area contributed by atoms with Gasteiger partial charge in [0.25, 0.3) is 7.42 Å². The molecule has 0 saturated heterocycles. The summed E-state index contributed by atoms with van der Waals surface area (Å²) < 4.78 is 0. The fourth-order valence-electron chi connectivity index (χ4n) is 0.470. The van der Waals surface area contributed by atoms with Gasteiger partial charge in [0.05, 0.1) is 0 Å². The van der Waals surface area contributed by atoms with Crippen LogP contribution in [0.5, 0.6) is 0 Å². The van der Waals surface area contributed by atoms with Gasteiger partial charge in [-0.1, -0.05) is 6.92 Å². The van der Waals surface area contributed by atoms with Crippen molar-refractivity contribution in [3.8, 4) is 0 Å². The van der Waals surface area contributed by atoms with E-state index in [1.165, 1.54) is 0 Å². The van der Waals surface area contributed by atoms with E-state index in [0.717, 1.165) is 18.9 Å². The van der Waals surface area contributed by atoms with Crippen molar-refractivity contribution in [2.24, 2.45) is 0 Å². The standard InChI is InChI=1S/C5H10Cl3Si/c1-2-5(6)3-4-9(7)8/h5H,2-4H2,1H3. The van der Waals surface area contributed by atoms with E-state index in [1.807, 2.05) is 0 Å². The molecule has 0 aliphatic rings. The maximum Gasteiger partial charge on any atom is 0.273 e. The van der Waals surface area contributed by atoms with Crippen molar-refractivity contribution < 1.29 is 0 Å². The summed E-state index contributed by atoms with van der Waals surface area (Å²) in [5, 5.41) is 0.266. The minimum atomic E-state index is -1.08. The Balaban J connectivity index is 3.06. The minimum Gasteiger partial charge on any atom is -0.147 e. The fourth-order valence-corrected chi connectivity index (χ4v) is 1.98. The lowest BCUT2D eigenvalue weighted by molar-refractivity contribution is 0.780. The summed E-state index contributed by atoms with van der Waals surface area (Å²) >= 11 is 17.0. The van der Waals surface area contributed by atoms with Gasteiger partial charge >= 0.3 is 0 Å². The Kier molecular flexibility index (Phi) is 6.55. The SMILES string of the molecule is CCC(Cl)CC[Si](Cl)Cl. The van der Waals surface area contributed by atoms with Gasteiger partial charge in [0.2, 0.25) is 0 Å². The summed E-state index contributed by atoms with van der Waals surface area (Å²) in [4.78, 5) is 0. The average Bonchev–Trinajstić information content (AvgIpc) is 1.83. The van der Waals surface area contributed by atoms with E-state index >= 15 is 0 Å². The minimum absolute atomic E-state index is 0.266. The molecule has 0 aliphatic heterocycles. The quantitative estimate of drug-likeness (QED) is 0.374. The zero-order valence-corrected chi connectivity index (χ0v) is 8.60. The number of hydrogen-bond donors (Lipinski definition) is 0. The highest BCUT2D eigenvalue weighted by molar-refractivity contribution is 7.33. The molecule has 0 aromatic carbocycles. The van der Waals surface area contributed by atoms with Gasteiger partial charge in [-0.2, -0.15) is 0 Å². The third-order valence-electron chi connectivity index (χ3n) is 1.09. The Bertz CT molecular complexity index is 67.2. The van der Waals surface area contributed by atoms with Gasteiger partial charge < -0.3 is 0 Å². The van der Waals surface area contributed by atoms with Crippen LogP contribution in [0.2, 0.25) is 6.04 Å². The van der Waals surface area contributed by atoms with Crippen molar-refractivity contribution in [2.45, 2.75) is 31.2 Å². The first-order valence-electron chi connectivity index (χ1n) is 2.97. The maximum atomic E-state index is 5.81. The van der Waals surface area contributed by atoms with Gasteiger partial charge in [-0.05, 0) is 18.9 Å². The molecule has 0 heterocycles. The van der Waals surface area contributed by atoms with Crippen molar-refractivity contribution in [1.82, 2.24) is 0 Å². The van der Waals surface area contributed by atoms with Crippen LogP contribution in [0, 0.1) is 0 Å². The Morgan fingerprint density at radius 3 is 2.33 bits per heavy atom. The van der Waals surface area contributed by atoms with Crippen molar-refractivity contribution in [3.63, 3.8) is 0 Å². The smallest absolute Gasteiger partial charge is 0.147 e. The van der Waals surface area contributed by atoms with E-state index in [0.29, 0.717) is 0 Å². The second-order valence-electron chi connectivity index (χ2n) is 1.88. The molecule has 55 valence electrons. The molecule has 0 rings (SSSR count). The van der Waals surface area contributed by atoms with E-state index in [1.54, 1.807) is 0 Å². The molecule has 0 spiro atoms. The van der Waals surface area contributed by atoms with Crippen molar-refractivity contribution in [2.75, 3.05) is 0 Å². The van der Waals surface area contributed by atoms with Crippen LogP contribution < -0.4 is 0 Å². The van der Waals surface area contributed by atoms with Crippen molar-refractivity contribution >= 4 is 41.2 Å². The largest absolute Gasteiger partial charge is 0.273 e. The topological polar surface area (TPSA) is 0 Å². The van der Waals surface area contributed by atoms with Gasteiger partial charge in [0, 0.05) is 5.38 Å². The molecule has 0 aliphatic carbocycles. The molecule has 0 nitrogen and oxygen atoms in total. The van der Waals surface area contributed by atoms with Gasteiger partial charge in [0.15, 0.2) is 0 Å². The fraction of sp³-hybridized carbons (Fsp3) is 1.00. The van der Waals surface area contributed by atoms with E-state index in [2.05, 4.69) is 6.92 Å². The van der Waals surface area contributed by atoms with Crippen LogP contribution in [-0.4, -0.2) is 12.8 Å². The summed E-state index contributed by atoms with van der Waals surface area (Å²) in [6, 6.07) is 0.899. The molecule has 0 bridgehead atoms. The molecule has 0 fully saturated rings. The molecule has 1 unspecified atom stereocenters.